The molecular formula is C19H22ClN5. The molecule has 3 aromatic rings. The first-order valence-electron chi connectivity index (χ1n) is 8.97. The molecule has 1 saturated heterocycles. The number of aromatic amines is 1. The standard InChI is InChI=1S/C19H22ClN5/c1-2-13-6-5-10-25(11-9-13)16-12-21-18-17(23-24-19(18)22-16)14-7-3-4-8-15(14)20/h3-4,7-8,12-13H,2,5-6,9-11H2,1H3,(H,22,23,24). The highest BCUT2D eigenvalue weighted by atomic mass is 35.5. The first-order chi connectivity index (χ1) is 12.3. The summed E-state index contributed by atoms with van der Waals surface area (Å²) in [5.41, 5.74) is 3.12. The minimum absolute atomic E-state index is 0.642. The van der Waals surface area contributed by atoms with Gasteiger partial charge >= 0.3 is 0 Å². The maximum absolute atomic E-state index is 6.31. The van der Waals surface area contributed by atoms with E-state index in [4.69, 9.17) is 16.6 Å². The van der Waals surface area contributed by atoms with Gasteiger partial charge in [0.2, 0.25) is 5.65 Å². The third-order valence-corrected chi connectivity index (χ3v) is 5.47. The van der Waals surface area contributed by atoms with Crippen molar-refractivity contribution in [1.29, 1.82) is 0 Å². The minimum atomic E-state index is 0.642. The van der Waals surface area contributed by atoms with E-state index in [-0.39, 0.29) is 0 Å². The number of H-pyrrole nitrogens is 1. The molecular weight excluding hydrogens is 334 g/mol. The van der Waals surface area contributed by atoms with Crippen molar-refractivity contribution in [2.24, 2.45) is 5.92 Å². The normalized spacial score (nSPS) is 18.5. The fraction of sp³-hybridized carbons (Fsp3) is 0.421. The van der Waals surface area contributed by atoms with E-state index >= 15 is 0 Å². The Labute approximate surface area is 152 Å². The maximum Gasteiger partial charge on any atom is 0.202 e. The summed E-state index contributed by atoms with van der Waals surface area (Å²) in [7, 11) is 0. The molecule has 0 aliphatic carbocycles. The van der Waals surface area contributed by atoms with E-state index in [0.29, 0.717) is 10.7 Å². The number of nitrogens with one attached hydrogen (secondary N) is 1. The SMILES string of the molecule is CCC1CCCN(c2cnc3c(-c4ccccc4Cl)[nH]nc3n2)CC1. The molecule has 130 valence electrons. The van der Waals surface area contributed by atoms with Crippen molar-refractivity contribution < 1.29 is 0 Å². The van der Waals surface area contributed by atoms with Gasteiger partial charge in [-0.25, -0.2) is 9.97 Å². The molecule has 0 saturated carbocycles. The highest BCUT2D eigenvalue weighted by Crippen LogP contribution is 2.31. The summed E-state index contributed by atoms with van der Waals surface area (Å²) in [5, 5.41) is 8.09. The summed E-state index contributed by atoms with van der Waals surface area (Å²) in [6, 6.07) is 7.70. The van der Waals surface area contributed by atoms with Crippen LogP contribution in [0.25, 0.3) is 22.4 Å². The van der Waals surface area contributed by atoms with Gasteiger partial charge in [0.05, 0.1) is 16.9 Å². The van der Waals surface area contributed by atoms with Gasteiger partial charge in [-0.15, -0.1) is 0 Å². The number of nitrogens with zero attached hydrogens (tertiary/aromatic N) is 4. The molecule has 1 aromatic carbocycles. The molecule has 2 aromatic heterocycles. The summed E-state index contributed by atoms with van der Waals surface area (Å²) in [6.07, 6.45) is 6.87. The molecule has 1 N–H and O–H groups in total. The number of hydrogen-bond donors (Lipinski definition) is 1. The molecule has 5 nitrogen and oxygen atoms in total. The third-order valence-electron chi connectivity index (χ3n) is 5.14. The number of anilines is 1. The molecule has 1 aliphatic heterocycles. The summed E-state index contributed by atoms with van der Waals surface area (Å²) < 4.78 is 0. The van der Waals surface area contributed by atoms with Crippen LogP contribution in [0.4, 0.5) is 5.82 Å². The molecule has 0 radical (unpaired) electrons. The van der Waals surface area contributed by atoms with E-state index in [2.05, 4.69) is 27.0 Å². The van der Waals surface area contributed by atoms with Crippen molar-refractivity contribution in [3.63, 3.8) is 0 Å². The predicted molar refractivity (Wildman–Crippen MR) is 102 cm³/mol. The van der Waals surface area contributed by atoms with E-state index in [9.17, 15) is 0 Å². The molecule has 0 spiro atoms. The van der Waals surface area contributed by atoms with Gasteiger partial charge in [0.15, 0.2) is 0 Å². The molecule has 1 unspecified atom stereocenters. The molecule has 4 rings (SSSR count). The van der Waals surface area contributed by atoms with Gasteiger partial charge in [-0.1, -0.05) is 43.1 Å². The van der Waals surface area contributed by atoms with Crippen molar-refractivity contribution >= 4 is 28.6 Å². The van der Waals surface area contributed by atoms with Crippen LogP contribution in [-0.4, -0.2) is 33.3 Å². The van der Waals surface area contributed by atoms with E-state index in [1.54, 1.807) is 0 Å². The molecule has 3 heterocycles. The van der Waals surface area contributed by atoms with E-state index in [1.807, 2.05) is 30.5 Å². The summed E-state index contributed by atoms with van der Waals surface area (Å²) in [4.78, 5) is 11.7. The average Bonchev–Trinajstić information content (AvgIpc) is 2.90. The van der Waals surface area contributed by atoms with E-state index in [0.717, 1.165) is 41.6 Å². The molecule has 1 fully saturated rings. The van der Waals surface area contributed by atoms with Crippen molar-refractivity contribution in [3.05, 3.63) is 35.5 Å². The Morgan fingerprint density at radius 1 is 1.24 bits per heavy atom. The minimum Gasteiger partial charge on any atom is -0.355 e. The van der Waals surface area contributed by atoms with Crippen molar-refractivity contribution in [2.75, 3.05) is 18.0 Å². The summed E-state index contributed by atoms with van der Waals surface area (Å²) in [5.74, 6) is 1.75. The number of fused-ring (bicyclic) bond motifs is 1. The monoisotopic (exact) mass is 355 g/mol. The van der Waals surface area contributed by atoms with Crippen LogP contribution in [-0.2, 0) is 0 Å². The Morgan fingerprint density at radius 2 is 2.12 bits per heavy atom. The van der Waals surface area contributed by atoms with E-state index < -0.39 is 0 Å². The van der Waals surface area contributed by atoms with Crippen LogP contribution in [0.5, 0.6) is 0 Å². The Balaban J connectivity index is 1.65. The zero-order valence-electron chi connectivity index (χ0n) is 14.4. The first kappa shape index (κ1) is 16.3. The Kier molecular flexibility index (Phi) is 4.57. The summed E-state index contributed by atoms with van der Waals surface area (Å²) >= 11 is 6.31. The molecule has 0 bridgehead atoms. The lowest BCUT2D eigenvalue weighted by atomic mass is 9.98. The van der Waals surface area contributed by atoms with Crippen LogP contribution >= 0.6 is 11.6 Å². The highest BCUT2D eigenvalue weighted by Gasteiger charge is 2.19. The van der Waals surface area contributed by atoms with Crippen molar-refractivity contribution in [2.45, 2.75) is 32.6 Å². The Bertz CT molecular complexity index is 875. The van der Waals surface area contributed by atoms with Crippen LogP contribution in [0.2, 0.25) is 5.02 Å². The molecule has 6 heteroatoms. The van der Waals surface area contributed by atoms with E-state index in [1.165, 1.54) is 25.7 Å². The number of rotatable bonds is 3. The lowest BCUT2D eigenvalue weighted by Gasteiger charge is -2.21. The van der Waals surface area contributed by atoms with Crippen LogP contribution in [0, 0.1) is 5.92 Å². The van der Waals surface area contributed by atoms with Crippen LogP contribution in [0.1, 0.15) is 32.6 Å². The topological polar surface area (TPSA) is 57.7 Å². The number of benzene rings is 1. The van der Waals surface area contributed by atoms with Gasteiger partial charge in [-0.05, 0) is 31.2 Å². The zero-order valence-corrected chi connectivity index (χ0v) is 15.1. The van der Waals surface area contributed by atoms with Crippen LogP contribution < -0.4 is 4.90 Å². The second-order valence-corrected chi connectivity index (χ2v) is 7.08. The predicted octanol–water partition coefficient (Wildman–Crippen LogP) is 4.69. The van der Waals surface area contributed by atoms with Gasteiger partial charge < -0.3 is 4.90 Å². The highest BCUT2D eigenvalue weighted by molar-refractivity contribution is 6.33. The average molecular weight is 356 g/mol. The van der Waals surface area contributed by atoms with Crippen molar-refractivity contribution in [1.82, 2.24) is 20.2 Å². The number of aromatic nitrogens is 4. The largest absolute Gasteiger partial charge is 0.355 e. The number of halogens is 1. The molecule has 25 heavy (non-hydrogen) atoms. The van der Waals surface area contributed by atoms with Gasteiger partial charge in [-0.3, -0.25) is 5.10 Å². The zero-order chi connectivity index (χ0) is 17.2. The molecule has 1 aliphatic rings. The van der Waals surface area contributed by atoms with Gasteiger partial charge in [0.25, 0.3) is 0 Å². The first-order valence-corrected chi connectivity index (χ1v) is 9.35. The molecule has 1 atom stereocenters. The van der Waals surface area contributed by atoms with Gasteiger partial charge in [-0.2, -0.15) is 5.10 Å². The lowest BCUT2D eigenvalue weighted by molar-refractivity contribution is 0.459. The summed E-state index contributed by atoms with van der Waals surface area (Å²) in [6.45, 7) is 4.37. The van der Waals surface area contributed by atoms with Gasteiger partial charge in [0.1, 0.15) is 11.3 Å². The Hall–Kier alpha value is -2.14. The molecule has 0 amide bonds. The van der Waals surface area contributed by atoms with Crippen molar-refractivity contribution in [3.8, 4) is 11.3 Å². The van der Waals surface area contributed by atoms with Crippen LogP contribution in [0.15, 0.2) is 30.5 Å². The Morgan fingerprint density at radius 3 is 2.96 bits per heavy atom. The second kappa shape index (κ2) is 7.00. The third kappa shape index (κ3) is 3.21. The smallest absolute Gasteiger partial charge is 0.202 e. The van der Waals surface area contributed by atoms with Crippen LogP contribution in [0.3, 0.4) is 0 Å². The maximum atomic E-state index is 6.31. The number of hydrogen-bond acceptors (Lipinski definition) is 4. The lowest BCUT2D eigenvalue weighted by Crippen LogP contribution is -2.25. The fourth-order valence-electron chi connectivity index (χ4n) is 3.59. The van der Waals surface area contributed by atoms with Gasteiger partial charge in [0, 0.05) is 18.7 Å². The fourth-order valence-corrected chi connectivity index (χ4v) is 3.82. The quantitative estimate of drug-likeness (QED) is 0.740. The second-order valence-electron chi connectivity index (χ2n) is 6.67.